The van der Waals surface area contributed by atoms with Crippen LogP contribution in [-0.4, -0.2) is 58.3 Å². The van der Waals surface area contributed by atoms with Gasteiger partial charge in [0.05, 0.1) is 19.0 Å². The Bertz CT molecular complexity index is 679. The fourth-order valence-electron chi connectivity index (χ4n) is 4.09. The Morgan fingerprint density at radius 3 is 2.89 bits per heavy atom. The van der Waals surface area contributed by atoms with Crippen molar-refractivity contribution in [3.05, 3.63) is 30.1 Å². The number of carbonyl (C=O) groups is 2. The Morgan fingerprint density at radius 1 is 1.37 bits per heavy atom. The maximum absolute atomic E-state index is 13.1. The van der Waals surface area contributed by atoms with E-state index in [9.17, 15) is 9.59 Å². The van der Waals surface area contributed by atoms with Crippen molar-refractivity contribution < 1.29 is 9.59 Å². The zero-order valence-corrected chi connectivity index (χ0v) is 15.8. The molecule has 1 N–H and O–H groups in total. The summed E-state index contributed by atoms with van der Waals surface area (Å²) in [6, 6.07) is 3.62. The van der Waals surface area contributed by atoms with Gasteiger partial charge < -0.3 is 10.2 Å². The maximum Gasteiger partial charge on any atom is 0.237 e. The van der Waals surface area contributed by atoms with Gasteiger partial charge in [-0.15, -0.1) is 6.42 Å². The molecule has 0 aromatic carbocycles. The van der Waals surface area contributed by atoms with Gasteiger partial charge in [-0.1, -0.05) is 31.2 Å². The molecule has 2 amide bonds. The van der Waals surface area contributed by atoms with Crippen LogP contribution in [0.4, 0.5) is 0 Å². The number of nitrogens with one attached hydrogen (secondary N) is 1. The van der Waals surface area contributed by atoms with E-state index in [1.165, 1.54) is 6.42 Å². The summed E-state index contributed by atoms with van der Waals surface area (Å²) in [4.78, 5) is 33.6. The molecule has 2 aliphatic rings. The van der Waals surface area contributed by atoms with Gasteiger partial charge in [-0.05, 0) is 24.5 Å². The molecule has 1 aliphatic carbocycles. The van der Waals surface area contributed by atoms with E-state index >= 15 is 0 Å². The van der Waals surface area contributed by atoms with Gasteiger partial charge in [0.25, 0.3) is 0 Å². The Hall–Kier alpha value is -2.39. The number of nitrogens with zero attached hydrogens (tertiary/aromatic N) is 3. The summed E-state index contributed by atoms with van der Waals surface area (Å²) < 4.78 is 0. The molecule has 3 rings (SSSR count). The number of piperazine rings is 1. The summed E-state index contributed by atoms with van der Waals surface area (Å²) in [5, 5.41) is 2.90. The number of rotatable bonds is 6. The van der Waals surface area contributed by atoms with Crippen molar-refractivity contribution >= 4 is 11.8 Å². The number of pyridine rings is 1. The van der Waals surface area contributed by atoms with Crippen LogP contribution in [0.15, 0.2) is 24.5 Å². The standard InChI is InChI=1S/C21H28N4O2/c1-2-12-25(18-8-4-3-5-9-18)20(26)14-19-21(27)23-11-13-24(19)16-17-7-6-10-22-15-17/h1,6-7,10,15,18-19H,3-5,8-9,11-14,16H2,(H,23,27). The van der Waals surface area contributed by atoms with Crippen molar-refractivity contribution in [1.29, 1.82) is 0 Å². The van der Waals surface area contributed by atoms with Gasteiger partial charge in [-0.3, -0.25) is 19.5 Å². The SMILES string of the molecule is C#CCN(C(=O)CC1C(=O)NCCN1Cc1cccnc1)C1CCCCC1. The highest BCUT2D eigenvalue weighted by atomic mass is 16.2. The lowest BCUT2D eigenvalue weighted by molar-refractivity contribution is -0.140. The van der Waals surface area contributed by atoms with Gasteiger partial charge in [0.2, 0.25) is 11.8 Å². The second-order valence-corrected chi connectivity index (χ2v) is 7.36. The van der Waals surface area contributed by atoms with Crippen molar-refractivity contribution in [1.82, 2.24) is 20.1 Å². The monoisotopic (exact) mass is 368 g/mol. The summed E-state index contributed by atoms with van der Waals surface area (Å²) in [6.45, 7) is 2.25. The first-order valence-corrected chi connectivity index (χ1v) is 9.82. The van der Waals surface area contributed by atoms with E-state index in [-0.39, 0.29) is 24.3 Å². The Morgan fingerprint density at radius 2 is 2.19 bits per heavy atom. The van der Waals surface area contributed by atoms with Crippen LogP contribution in [0.3, 0.4) is 0 Å². The largest absolute Gasteiger partial charge is 0.353 e. The number of amides is 2. The molecular formula is C21H28N4O2. The summed E-state index contributed by atoms with van der Waals surface area (Å²) in [5.41, 5.74) is 1.04. The molecule has 1 unspecified atom stereocenters. The lowest BCUT2D eigenvalue weighted by atomic mass is 9.93. The molecule has 6 heteroatoms. The van der Waals surface area contributed by atoms with E-state index in [1.807, 2.05) is 17.0 Å². The summed E-state index contributed by atoms with van der Waals surface area (Å²) >= 11 is 0. The summed E-state index contributed by atoms with van der Waals surface area (Å²) in [7, 11) is 0. The average molecular weight is 368 g/mol. The minimum absolute atomic E-state index is 0.0157. The molecule has 0 spiro atoms. The molecule has 144 valence electrons. The average Bonchev–Trinajstić information content (AvgIpc) is 2.70. The molecule has 27 heavy (non-hydrogen) atoms. The molecule has 1 aromatic rings. The van der Waals surface area contributed by atoms with Crippen LogP contribution < -0.4 is 5.32 Å². The zero-order valence-electron chi connectivity index (χ0n) is 15.8. The van der Waals surface area contributed by atoms with E-state index in [4.69, 9.17) is 6.42 Å². The molecule has 0 radical (unpaired) electrons. The highest BCUT2D eigenvalue weighted by Gasteiger charge is 2.34. The minimum atomic E-state index is -0.463. The van der Waals surface area contributed by atoms with Crippen LogP contribution in [0.2, 0.25) is 0 Å². The zero-order chi connectivity index (χ0) is 19.1. The molecule has 1 saturated heterocycles. The smallest absolute Gasteiger partial charge is 0.237 e. The molecule has 1 aliphatic heterocycles. The molecule has 1 atom stereocenters. The lowest BCUT2D eigenvalue weighted by Crippen LogP contribution is -2.56. The number of hydrogen-bond donors (Lipinski definition) is 1. The third-order valence-corrected chi connectivity index (χ3v) is 5.52. The van der Waals surface area contributed by atoms with Crippen LogP contribution in [0.1, 0.15) is 44.1 Å². The summed E-state index contributed by atoms with van der Waals surface area (Å²) in [6.07, 6.45) is 14.7. The number of aromatic nitrogens is 1. The quantitative estimate of drug-likeness (QED) is 0.774. The first-order chi connectivity index (χ1) is 13.2. The van der Waals surface area contributed by atoms with Crippen molar-refractivity contribution in [3.63, 3.8) is 0 Å². The van der Waals surface area contributed by atoms with Crippen LogP contribution in [0.5, 0.6) is 0 Å². The normalized spacial score (nSPS) is 21.3. The van der Waals surface area contributed by atoms with Crippen molar-refractivity contribution in [2.24, 2.45) is 0 Å². The van der Waals surface area contributed by atoms with Gasteiger partial charge in [0.1, 0.15) is 0 Å². The minimum Gasteiger partial charge on any atom is -0.353 e. The third-order valence-electron chi connectivity index (χ3n) is 5.52. The van der Waals surface area contributed by atoms with E-state index in [2.05, 4.69) is 21.1 Å². The van der Waals surface area contributed by atoms with Gasteiger partial charge in [0.15, 0.2) is 0 Å². The highest BCUT2D eigenvalue weighted by Crippen LogP contribution is 2.24. The van der Waals surface area contributed by atoms with E-state index in [0.717, 1.165) is 37.8 Å². The fraction of sp³-hybridized carbons (Fsp3) is 0.571. The van der Waals surface area contributed by atoms with Crippen LogP contribution in [-0.2, 0) is 16.1 Å². The molecule has 1 saturated carbocycles. The van der Waals surface area contributed by atoms with E-state index in [1.54, 1.807) is 12.4 Å². The molecule has 2 heterocycles. The van der Waals surface area contributed by atoms with Crippen LogP contribution in [0.25, 0.3) is 0 Å². The molecule has 2 fully saturated rings. The Kier molecular flexibility index (Phi) is 6.83. The summed E-state index contributed by atoms with van der Waals surface area (Å²) in [5.74, 6) is 2.53. The van der Waals surface area contributed by atoms with E-state index < -0.39 is 6.04 Å². The van der Waals surface area contributed by atoms with Crippen molar-refractivity contribution in [3.8, 4) is 12.3 Å². The fourth-order valence-corrected chi connectivity index (χ4v) is 4.09. The number of carbonyl (C=O) groups excluding carboxylic acids is 2. The van der Waals surface area contributed by atoms with Gasteiger partial charge in [-0.25, -0.2) is 0 Å². The van der Waals surface area contributed by atoms with Gasteiger partial charge in [-0.2, -0.15) is 0 Å². The number of terminal acetylenes is 1. The third kappa shape index (κ3) is 5.08. The Labute approximate surface area is 161 Å². The topological polar surface area (TPSA) is 65.5 Å². The first-order valence-electron chi connectivity index (χ1n) is 9.82. The Balaban J connectivity index is 1.69. The maximum atomic E-state index is 13.1. The number of hydrogen-bond acceptors (Lipinski definition) is 4. The van der Waals surface area contributed by atoms with Crippen molar-refractivity contribution in [2.45, 2.75) is 57.2 Å². The molecular weight excluding hydrogens is 340 g/mol. The van der Waals surface area contributed by atoms with E-state index in [0.29, 0.717) is 19.6 Å². The highest BCUT2D eigenvalue weighted by molar-refractivity contribution is 5.89. The lowest BCUT2D eigenvalue weighted by Gasteiger charge is -2.38. The van der Waals surface area contributed by atoms with Gasteiger partial charge in [0, 0.05) is 38.1 Å². The van der Waals surface area contributed by atoms with Crippen LogP contribution >= 0.6 is 0 Å². The van der Waals surface area contributed by atoms with Gasteiger partial charge >= 0.3 is 0 Å². The molecule has 1 aromatic heterocycles. The molecule has 6 nitrogen and oxygen atoms in total. The van der Waals surface area contributed by atoms with Crippen molar-refractivity contribution in [2.75, 3.05) is 19.6 Å². The second-order valence-electron chi connectivity index (χ2n) is 7.36. The second kappa shape index (κ2) is 9.52. The first kappa shape index (κ1) is 19.4. The molecule has 0 bridgehead atoms. The predicted molar refractivity (Wildman–Crippen MR) is 103 cm³/mol. The predicted octanol–water partition coefficient (Wildman–Crippen LogP) is 1.57. The van der Waals surface area contributed by atoms with Crippen LogP contribution in [0, 0.1) is 12.3 Å².